The van der Waals surface area contributed by atoms with E-state index in [0.717, 1.165) is 24.9 Å². The first-order valence-corrected chi connectivity index (χ1v) is 9.72. The highest BCUT2D eigenvalue weighted by Crippen LogP contribution is 2.23. The van der Waals surface area contributed by atoms with Crippen molar-refractivity contribution in [3.63, 3.8) is 0 Å². The number of ether oxygens (including phenoxy) is 1. The molecule has 29 heavy (non-hydrogen) atoms. The summed E-state index contributed by atoms with van der Waals surface area (Å²) in [5.41, 5.74) is 2.03. The number of carbonyl (C=O) groups is 2. The van der Waals surface area contributed by atoms with Gasteiger partial charge in [0, 0.05) is 43.5 Å². The Balaban J connectivity index is 1.52. The molecule has 2 aromatic carbocycles. The van der Waals surface area contributed by atoms with Gasteiger partial charge in [0.05, 0.1) is 0 Å². The van der Waals surface area contributed by atoms with Crippen LogP contribution in [-0.4, -0.2) is 38.2 Å². The summed E-state index contributed by atoms with van der Waals surface area (Å²) < 4.78 is 18.4. The summed E-state index contributed by atoms with van der Waals surface area (Å²) in [6.07, 6.45) is 2.17. The molecular weight excluding hydrogens is 373 g/mol. The van der Waals surface area contributed by atoms with Gasteiger partial charge < -0.3 is 15.0 Å². The fraction of sp³-hybridized carbons (Fsp3) is 0.364. The summed E-state index contributed by atoms with van der Waals surface area (Å²) in [6, 6.07) is 12.9. The Morgan fingerprint density at radius 1 is 1.10 bits per heavy atom. The molecule has 0 saturated heterocycles. The zero-order valence-corrected chi connectivity index (χ0v) is 16.7. The lowest BCUT2D eigenvalue weighted by molar-refractivity contribution is 0.0712. The van der Waals surface area contributed by atoms with Crippen molar-refractivity contribution in [1.82, 2.24) is 5.32 Å². The zero-order chi connectivity index (χ0) is 20.8. The number of nitrogens with zero attached hydrogens (tertiary/aromatic N) is 1. The second-order valence-corrected chi connectivity index (χ2v) is 7.44. The van der Waals surface area contributed by atoms with Crippen LogP contribution in [0.4, 0.5) is 20.6 Å². The van der Waals surface area contributed by atoms with Crippen LogP contribution >= 0.6 is 0 Å². The first-order chi connectivity index (χ1) is 13.9. The number of halogens is 1. The van der Waals surface area contributed by atoms with Gasteiger partial charge in [0.2, 0.25) is 0 Å². The molecule has 1 fully saturated rings. The van der Waals surface area contributed by atoms with Gasteiger partial charge in [0.25, 0.3) is 5.91 Å². The maximum atomic E-state index is 12.9. The minimum atomic E-state index is -0.577. The molecule has 0 heterocycles. The van der Waals surface area contributed by atoms with Crippen molar-refractivity contribution < 1.29 is 18.7 Å². The minimum Gasteiger partial charge on any atom is -0.446 e. The molecule has 0 spiro atoms. The van der Waals surface area contributed by atoms with Crippen LogP contribution in [0.1, 0.15) is 36.0 Å². The van der Waals surface area contributed by atoms with Gasteiger partial charge in [-0.2, -0.15) is 0 Å². The van der Waals surface area contributed by atoms with Gasteiger partial charge >= 0.3 is 6.09 Å². The normalized spacial score (nSPS) is 18.6. The highest BCUT2D eigenvalue weighted by atomic mass is 19.1. The molecule has 1 aliphatic carbocycles. The third kappa shape index (κ3) is 5.94. The molecule has 1 saturated carbocycles. The van der Waals surface area contributed by atoms with Crippen molar-refractivity contribution in [3.05, 3.63) is 59.9 Å². The fourth-order valence-electron chi connectivity index (χ4n) is 3.41. The van der Waals surface area contributed by atoms with Crippen LogP contribution in [0.15, 0.2) is 48.5 Å². The summed E-state index contributed by atoms with van der Waals surface area (Å²) >= 11 is 0. The Kier molecular flexibility index (Phi) is 6.69. The molecule has 7 heteroatoms. The summed E-state index contributed by atoms with van der Waals surface area (Å²) in [4.78, 5) is 26.6. The number of hydrogen-bond donors (Lipinski definition) is 2. The third-order valence-corrected chi connectivity index (χ3v) is 4.95. The Morgan fingerprint density at radius 2 is 1.86 bits per heavy atom. The molecule has 0 bridgehead atoms. The quantitative estimate of drug-likeness (QED) is 0.791. The molecule has 3 rings (SSSR count). The second-order valence-electron chi connectivity index (χ2n) is 7.44. The zero-order valence-electron chi connectivity index (χ0n) is 16.7. The highest BCUT2D eigenvalue weighted by molar-refractivity contribution is 5.95. The van der Waals surface area contributed by atoms with E-state index in [1.54, 1.807) is 6.07 Å². The average molecular weight is 399 g/mol. The van der Waals surface area contributed by atoms with Gasteiger partial charge in [-0.25, -0.2) is 9.18 Å². The van der Waals surface area contributed by atoms with Crippen LogP contribution in [0.3, 0.4) is 0 Å². The van der Waals surface area contributed by atoms with E-state index in [1.807, 2.05) is 37.2 Å². The van der Waals surface area contributed by atoms with Gasteiger partial charge in [0.15, 0.2) is 0 Å². The average Bonchev–Trinajstić information content (AvgIpc) is 2.70. The van der Waals surface area contributed by atoms with Crippen molar-refractivity contribution >= 4 is 23.4 Å². The lowest BCUT2D eigenvalue weighted by Crippen LogP contribution is -2.41. The predicted octanol–water partition coefficient (Wildman–Crippen LogP) is 4.18. The maximum absolute atomic E-state index is 12.9. The Morgan fingerprint density at radius 3 is 2.59 bits per heavy atom. The van der Waals surface area contributed by atoms with E-state index < -0.39 is 6.09 Å². The summed E-state index contributed by atoms with van der Waals surface area (Å²) in [5.74, 6) is -0.499. The van der Waals surface area contributed by atoms with Crippen LogP contribution in [0, 0.1) is 5.82 Å². The van der Waals surface area contributed by atoms with E-state index in [9.17, 15) is 14.0 Å². The van der Waals surface area contributed by atoms with E-state index in [1.165, 1.54) is 24.3 Å². The Bertz CT molecular complexity index is 855. The predicted molar refractivity (Wildman–Crippen MR) is 111 cm³/mol. The second kappa shape index (κ2) is 9.41. The Hall–Kier alpha value is -3.09. The molecule has 6 nitrogen and oxygen atoms in total. The number of rotatable bonds is 5. The molecule has 2 N–H and O–H groups in total. The number of nitrogens with one attached hydrogen (secondary N) is 2. The number of benzene rings is 2. The Labute approximate surface area is 170 Å². The topological polar surface area (TPSA) is 70.7 Å². The van der Waals surface area contributed by atoms with Crippen molar-refractivity contribution in [3.8, 4) is 0 Å². The first kappa shape index (κ1) is 20.6. The van der Waals surface area contributed by atoms with Gasteiger partial charge in [-0.15, -0.1) is 0 Å². The highest BCUT2D eigenvalue weighted by Gasteiger charge is 2.26. The van der Waals surface area contributed by atoms with Crippen molar-refractivity contribution in [2.75, 3.05) is 24.3 Å². The molecule has 0 unspecified atom stereocenters. The molecule has 0 aromatic heterocycles. The molecule has 2 aromatic rings. The smallest absolute Gasteiger partial charge is 0.411 e. The van der Waals surface area contributed by atoms with E-state index in [4.69, 9.17) is 4.74 Å². The molecule has 154 valence electrons. The van der Waals surface area contributed by atoms with Crippen LogP contribution in [-0.2, 0) is 4.74 Å². The largest absolute Gasteiger partial charge is 0.446 e. The van der Waals surface area contributed by atoms with Crippen molar-refractivity contribution in [2.45, 2.75) is 37.8 Å². The molecular formula is C22H26FN3O3. The maximum Gasteiger partial charge on any atom is 0.411 e. The van der Waals surface area contributed by atoms with Crippen molar-refractivity contribution in [1.29, 1.82) is 0 Å². The summed E-state index contributed by atoms with van der Waals surface area (Å²) in [7, 11) is 3.86. The van der Waals surface area contributed by atoms with E-state index in [-0.39, 0.29) is 23.9 Å². The number of hydrogen-bond acceptors (Lipinski definition) is 4. The van der Waals surface area contributed by atoms with E-state index in [0.29, 0.717) is 17.7 Å². The lowest BCUT2D eigenvalue weighted by atomic mass is 9.92. The molecule has 2 atom stereocenters. The van der Waals surface area contributed by atoms with Gasteiger partial charge in [-0.1, -0.05) is 6.07 Å². The number of amides is 2. The SMILES string of the molecule is CN(C)c1cccc(C(=O)N[C@H]2CCC[C@@H](OC(=O)Nc3ccc(F)cc3)C2)c1. The van der Waals surface area contributed by atoms with Gasteiger partial charge in [0.1, 0.15) is 11.9 Å². The molecule has 0 aliphatic heterocycles. The molecule has 0 radical (unpaired) electrons. The number of anilines is 2. The molecule has 2 amide bonds. The van der Waals surface area contributed by atoms with E-state index >= 15 is 0 Å². The number of carbonyl (C=O) groups excluding carboxylic acids is 2. The lowest BCUT2D eigenvalue weighted by Gasteiger charge is -2.29. The fourth-order valence-corrected chi connectivity index (χ4v) is 3.41. The first-order valence-electron chi connectivity index (χ1n) is 9.72. The minimum absolute atomic E-state index is 0.0529. The van der Waals surface area contributed by atoms with Gasteiger partial charge in [-0.05, 0) is 61.7 Å². The van der Waals surface area contributed by atoms with Gasteiger partial charge in [-0.3, -0.25) is 10.1 Å². The van der Waals surface area contributed by atoms with Crippen molar-refractivity contribution in [2.24, 2.45) is 0 Å². The van der Waals surface area contributed by atoms with Crippen LogP contribution in [0.25, 0.3) is 0 Å². The van der Waals surface area contributed by atoms with E-state index in [2.05, 4.69) is 10.6 Å². The molecule has 1 aliphatic rings. The van der Waals surface area contributed by atoms with Crippen LogP contribution in [0.2, 0.25) is 0 Å². The third-order valence-electron chi connectivity index (χ3n) is 4.95. The summed E-state index contributed by atoms with van der Waals surface area (Å²) in [6.45, 7) is 0. The standard InChI is InChI=1S/C22H26FN3O3/c1-26(2)19-7-3-5-15(13-19)21(27)24-18-6-4-8-20(14-18)29-22(28)25-17-11-9-16(23)10-12-17/h3,5,7,9-13,18,20H,4,6,8,14H2,1-2H3,(H,24,27)(H,25,28)/t18-,20+/m0/s1. The van der Waals surface area contributed by atoms with Crippen LogP contribution < -0.4 is 15.5 Å². The van der Waals surface area contributed by atoms with Crippen LogP contribution in [0.5, 0.6) is 0 Å². The monoisotopic (exact) mass is 399 g/mol. The summed E-state index contributed by atoms with van der Waals surface area (Å²) in [5, 5.41) is 5.64.